The number of amides is 2. The number of aryl methyl sites for hydroxylation is 1. The lowest BCUT2D eigenvalue weighted by molar-refractivity contribution is -0.591. The van der Waals surface area contributed by atoms with Crippen molar-refractivity contribution in [2.75, 3.05) is 12.0 Å². The van der Waals surface area contributed by atoms with Crippen molar-refractivity contribution in [3.63, 3.8) is 0 Å². The van der Waals surface area contributed by atoms with Gasteiger partial charge in [0.15, 0.2) is 0 Å². The Morgan fingerprint density at radius 2 is 1.67 bits per heavy atom. The van der Waals surface area contributed by atoms with Gasteiger partial charge in [0.05, 0.1) is 24.4 Å². The van der Waals surface area contributed by atoms with Gasteiger partial charge in [0.2, 0.25) is 5.75 Å². The number of carbonyl (C=O) groups excluding carboxylic acids is 2. The summed E-state index contributed by atoms with van der Waals surface area (Å²) in [6.07, 6.45) is 1.25. The predicted octanol–water partition coefficient (Wildman–Crippen LogP) is 1.44. The Morgan fingerprint density at radius 1 is 1.10 bits per heavy atom. The second-order valence-electron chi connectivity index (χ2n) is 4.67. The van der Waals surface area contributed by atoms with E-state index in [1.165, 1.54) is 13.3 Å². The second kappa shape index (κ2) is 4.59. The number of hydrogen-bond donors (Lipinski definition) is 0. The van der Waals surface area contributed by atoms with Gasteiger partial charge < -0.3 is 9.94 Å². The number of carbonyl (C=O) groups is 2. The molecule has 0 aliphatic carbocycles. The highest BCUT2D eigenvalue weighted by Gasteiger charge is 2.46. The first kappa shape index (κ1) is 13.1. The van der Waals surface area contributed by atoms with Gasteiger partial charge in [-0.25, -0.2) is 14.3 Å². The first-order chi connectivity index (χ1) is 10.1. The molecule has 0 radical (unpaired) electrons. The Hall–Kier alpha value is -2.89. The molecule has 6 heteroatoms. The van der Waals surface area contributed by atoms with Gasteiger partial charge in [0, 0.05) is 5.56 Å². The Morgan fingerprint density at radius 3 is 2.19 bits per heavy atom. The summed E-state index contributed by atoms with van der Waals surface area (Å²) in [6, 6.07) is 8.03. The Balaban J connectivity index is 2.23. The number of rotatable bonds is 2. The molecule has 2 amide bonds. The molecule has 0 saturated heterocycles. The molecule has 0 spiro atoms. The highest BCUT2D eigenvalue weighted by molar-refractivity contribution is 6.34. The number of methoxy groups -OCH3 is 1. The minimum Gasteiger partial charge on any atom is -0.710 e. The summed E-state index contributed by atoms with van der Waals surface area (Å²) in [4.78, 5) is 25.7. The Labute approximate surface area is 120 Å². The van der Waals surface area contributed by atoms with Crippen LogP contribution in [0.4, 0.5) is 5.82 Å². The monoisotopic (exact) mass is 284 g/mol. The maximum atomic E-state index is 12.4. The molecule has 0 bridgehead atoms. The smallest absolute Gasteiger partial charge is 0.350 e. The van der Waals surface area contributed by atoms with E-state index >= 15 is 0 Å². The summed E-state index contributed by atoms with van der Waals surface area (Å²) >= 11 is 0. The van der Waals surface area contributed by atoms with Crippen molar-refractivity contribution < 1.29 is 19.1 Å². The number of pyridine rings is 1. The number of ether oxygens (including phenoxy) is 1. The molecule has 6 nitrogen and oxygen atoms in total. The van der Waals surface area contributed by atoms with Crippen LogP contribution >= 0.6 is 0 Å². The number of fused-ring (bicyclic) bond motifs is 1. The molecule has 0 saturated carbocycles. The first-order valence-corrected chi connectivity index (χ1v) is 6.31. The molecular formula is C15H12N2O4. The largest absolute Gasteiger partial charge is 0.710 e. The standard InChI is InChI=1S/C15H12N2O4/c1-9-7-8-16(20)13(12(9)21-2)17-14(18)10-5-3-4-6-11(10)15(17)19/h3-8H,1-2H3. The van der Waals surface area contributed by atoms with E-state index < -0.39 is 11.8 Å². The minimum atomic E-state index is -0.524. The average molecular weight is 284 g/mol. The molecule has 1 aliphatic rings. The predicted molar refractivity (Wildman–Crippen MR) is 74.3 cm³/mol. The van der Waals surface area contributed by atoms with E-state index in [0.717, 1.165) is 4.90 Å². The zero-order chi connectivity index (χ0) is 15.1. The van der Waals surface area contributed by atoms with E-state index in [4.69, 9.17) is 4.74 Å². The third-order valence-corrected chi connectivity index (χ3v) is 3.44. The minimum absolute atomic E-state index is 0.108. The van der Waals surface area contributed by atoms with Gasteiger partial charge in [0.1, 0.15) is 0 Å². The molecule has 1 aromatic heterocycles. The number of nitrogens with zero attached hydrogens (tertiary/aromatic N) is 2. The van der Waals surface area contributed by atoms with Crippen LogP contribution in [0.5, 0.6) is 5.75 Å². The molecule has 3 rings (SSSR count). The quantitative estimate of drug-likeness (QED) is 0.475. The van der Waals surface area contributed by atoms with Crippen molar-refractivity contribution in [1.82, 2.24) is 0 Å². The lowest BCUT2D eigenvalue weighted by Gasteiger charge is -2.16. The summed E-state index contributed by atoms with van der Waals surface area (Å²) in [5.74, 6) is -0.945. The maximum Gasteiger partial charge on any atom is 0.350 e. The van der Waals surface area contributed by atoms with E-state index in [9.17, 15) is 14.8 Å². The van der Waals surface area contributed by atoms with Gasteiger partial charge in [0.25, 0.3) is 0 Å². The number of hydrogen-bond acceptors (Lipinski definition) is 4. The third kappa shape index (κ3) is 1.76. The highest BCUT2D eigenvalue weighted by atomic mass is 16.5. The molecule has 0 unspecified atom stereocenters. The molecule has 2 heterocycles. The van der Waals surface area contributed by atoms with Crippen LogP contribution in [-0.2, 0) is 0 Å². The van der Waals surface area contributed by atoms with Crippen LogP contribution in [0.2, 0.25) is 0 Å². The molecule has 1 aromatic carbocycles. The molecule has 21 heavy (non-hydrogen) atoms. The summed E-state index contributed by atoms with van der Waals surface area (Å²) in [6.45, 7) is 1.74. The molecule has 0 fully saturated rings. The van der Waals surface area contributed by atoms with E-state index in [-0.39, 0.29) is 22.7 Å². The Bertz CT molecular complexity index is 735. The molecular weight excluding hydrogens is 272 g/mol. The van der Waals surface area contributed by atoms with Crippen LogP contribution in [-0.4, -0.2) is 18.9 Å². The van der Waals surface area contributed by atoms with Crippen molar-refractivity contribution in [3.05, 3.63) is 58.4 Å². The Kier molecular flexibility index (Phi) is 2.86. The van der Waals surface area contributed by atoms with Crippen LogP contribution in [0.3, 0.4) is 0 Å². The number of anilines is 1. The summed E-state index contributed by atoms with van der Waals surface area (Å²) < 4.78 is 5.66. The number of aromatic nitrogens is 1. The normalized spacial score (nSPS) is 13.5. The molecule has 0 atom stereocenters. The van der Waals surface area contributed by atoms with Gasteiger partial charge in [-0.05, 0) is 25.1 Å². The lowest BCUT2D eigenvalue weighted by Crippen LogP contribution is -2.41. The van der Waals surface area contributed by atoms with Gasteiger partial charge >= 0.3 is 17.6 Å². The van der Waals surface area contributed by atoms with Gasteiger partial charge in [-0.3, -0.25) is 0 Å². The van der Waals surface area contributed by atoms with Gasteiger partial charge in [-0.2, -0.15) is 0 Å². The average Bonchev–Trinajstić information content (AvgIpc) is 2.74. The molecule has 0 N–H and O–H groups in total. The van der Waals surface area contributed by atoms with E-state index in [2.05, 4.69) is 0 Å². The van der Waals surface area contributed by atoms with Crippen molar-refractivity contribution in [2.45, 2.75) is 6.92 Å². The SMILES string of the molecule is COc1c(C)cc[n+]([O-])c1N1C(=O)c2ccccc2C1=O. The highest BCUT2D eigenvalue weighted by Crippen LogP contribution is 2.33. The fourth-order valence-corrected chi connectivity index (χ4v) is 2.44. The van der Waals surface area contributed by atoms with Gasteiger partial charge in [-0.1, -0.05) is 12.1 Å². The van der Waals surface area contributed by atoms with Crippen molar-refractivity contribution >= 4 is 17.6 Å². The second-order valence-corrected chi connectivity index (χ2v) is 4.67. The van der Waals surface area contributed by atoms with Crippen LogP contribution < -0.4 is 14.4 Å². The number of benzene rings is 1. The van der Waals surface area contributed by atoms with Crippen LogP contribution in [0.1, 0.15) is 26.3 Å². The zero-order valence-electron chi connectivity index (χ0n) is 11.5. The van der Waals surface area contributed by atoms with Crippen molar-refractivity contribution in [3.8, 4) is 5.75 Å². The van der Waals surface area contributed by atoms with Crippen LogP contribution in [0.15, 0.2) is 36.5 Å². The van der Waals surface area contributed by atoms with Gasteiger partial charge in [-0.15, -0.1) is 4.90 Å². The van der Waals surface area contributed by atoms with Crippen molar-refractivity contribution in [2.24, 2.45) is 0 Å². The topological polar surface area (TPSA) is 73.6 Å². The first-order valence-electron chi connectivity index (χ1n) is 6.31. The molecule has 2 aromatic rings. The van der Waals surface area contributed by atoms with E-state index in [1.54, 1.807) is 37.3 Å². The number of imide groups is 1. The van der Waals surface area contributed by atoms with Crippen molar-refractivity contribution in [1.29, 1.82) is 0 Å². The lowest BCUT2D eigenvalue weighted by atomic mass is 10.1. The summed E-state index contributed by atoms with van der Waals surface area (Å²) in [7, 11) is 1.39. The third-order valence-electron chi connectivity index (χ3n) is 3.44. The maximum absolute atomic E-state index is 12.4. The van der Waals surface area contributed by atoms with E-state index in [0.29, 0.717) is 10.3 Å². The van der Waals surface area contributed by atoms with E-state index in [1.807, 2.05) is 0 Å². The fourth-order valence-electron chi connectivity index (χ4n) is 2.44. The van der Waals surface area contributed by atoms with Crippen LogP contribution in [0, 0.1) is 12.1 Å². The summed E-state index contributed by atoms with van der Waals surface area (Å²) in [5.41, 5.74) is 1.23. The summed E-state index contributed by atoms with van der Waals surface area (Å²) in [5, 5.41) is 12.1. The zero-order valence-corrected chi connectivity index (χ0v) is 11.5. The molecule has 1 aliphatic heterocycles. The molecule has 106 valence electrons. The van der Waals surface area contributed by atoms with Crippen LogP contribution in [0.25, 0.3) is 0 Å². The fraction of sp³-hybridized carbons (Fsp3) is 0.133.